The standard InChI is InChI=1S/C16H16ClFO2/c1-16(19,12-6-8-13(17)9-7-12)10-11-4-3-5-14(20-2)15(11)18/h3-9,19H,10H2,1-2H3. The molecule has 0 aliphatic carbocycles. The highest BCUT2D eigenvalue weighted by Gasteiger charge is 2.25. The molecule has 1 atom stereocenters. The van der Waals surface area contributed by atoms with Crippen LogP contribution in [0.5, 0.6) is 5.75 Å². The summed E-state index contributed by atoms with van der Waals surface area (Å²) in [5.74, 6) is -0.265. The van der Waals surface area contributed by atoms with E-state index in [0.717, 1.165) is 0 Å². The van der Waals surface area contributed by atoms with E-state index in [0.29, 0.717) is 16.1 Å². The van der Waals surface area contributed by atoms with Crippen molar-refractivity contribution in [3.63, 3.8) is 0 Å². The van der Waals surface area contributed by atoms with Gasteiger partial charge < -0.3 is 9.84 Å². The molecule has 106 valence electrons. The van der Waals surface area contributed by atoms with Gasteiger partial charge in [-0.1, -0.05) is 35.9 Å². The van der Waals surface area contributed by atoms with Gasteiger partial charge in [0.1, 0.15) is 0 Å². The van der Waals surface area contributed by atoms with Crippen molar-refractivity contribution in [3.8, 4) is 5.75 Å². The predicted molar refractivity (Wildman–Crippen MR) is 77.7 cm³/mol. The summed E-state index contributed by atoms with van der Waals surface area (Å²) < 4.78 is 19.1. The second-order valence-electron chi connectivity index (χ2n) is 4.89. The van der Waals surface area contributed by atoms with Crippen molar-refractivity contribution < 1.29 is 14.2 Å². The molecule has 0 spiro atoms. The first-order valence-electron chi connectivity index (χ1n) is 6.24. The van der Waals surface area contributed by atoms with E-state index >= 15 is 0 Å². The molecule has 0 amide bonds. The van der Waals surface area contributed by atoms with E-state index < -0.39 is 11.4 Å². The van der Waals surface area contributed by atoms with Crippen LogP contribution in [0.15, 0.2) is 42.5 Å². The van der Waals surface area contributed by atoms with Crippen molar-refractivity contribution in [1.29, 1.82) is 0 Å². The zero-order valence-corrected chi connectivity index (χ0v) is 12.1. The molecule has 0 saturated carbocycles. The first-order valence-corrected chi connectivity index (χ1v) is 6.61. The van der Waals surface area contributed by atoms with Crippen LogP contribution in [-0.4, -0.2) is 12.2 Å². The molecule has 0 heterocycles. The normalized spacial score (nSPS) is 13.8. The minimum absolute atomic E-state index is 0.150. The number of ether oxygens (including phenoxy) is 1. The van der Waals surface area contributed by atoms with Crippen LogP contribution < -0.4 is 4.74 Å². The summed E-state index contributed by atoms with van der Waals surface area (Å²) in [5.41, 5.74) is -0.0916. The SMILES string of the molecule is COc1cccc(CC(C)(O)c2ccc(Cl)cc2)c1F. The first kappa shape index (κ1) is 14.8. The van der Waals surface area contributed by atoms with Gasteiger partial charge in [-0.05, 0) is 36.2 Å². The number of hydrogen-bond donors (Lipinski definition) is 1. The average Bonchev–Trinajstić information content (AvgIpc) is 2.41. The van der Waals surface area contributed by atoms with Gasteiger partial charge >= 0.3 is 0 Å². The molecule has 0 bridgehead atoms. The molecule has 20 heavy (non-hydrogen) atoms. The van der Waals surface area contributed by atoms with Gasteiger partial charge in [-0.15, -0.1) is 0 Å². The fraction of sp³-hybridized carbons (Fsp3) is 0.250. The molecule has 2 nitrogen and oxygen atoms in total. The van der Waals surface area contributed by atoms with Crippen molar-refractivity contribution in [3.05, 3.63) is 64.4 Å². The Morgan fingerprint density at radius 1 is 1.20 bits per heavy atom. The Morgan fingerprint density at radius 2 is 1.85 bits per heavy atom. The minimum atomic E-state index is -1.18. The largest absolute Gasteiger partial charge is 0.494 e. The topological polar surface area (TPSA) is 29.5 Å². The smallest absolute Gasteiger partial charge is 0.168 e. The molecule has 0 fully saturated rings. The molecular weight excluding hydrogens is 279 g/mol. The van der Waals surface area contributed by atoms with E-state index in [-0.39, 0.29) is 12.2 Å². The maximum Gasteiger partial charge on any atom is 0.168 e. The average molecular weight is 295 g/mol. The van der Waals surface area contributed by atoms with Crippen LogP contribution in [0.4, 0.5) is 4.39 Å². The third-order valence-corrected chi connectivity index (χ3v) is 3.52. The number of hydrogen-bond acceptors (Lipinski definition) is 2. The van der Waals surface area contributed by atoms with Gasteiger partial charge in [0.05, 0.1) is 12.7 Å². The number of methoxy groups -OCH3 is 1. The van der Waals surface area contributed by atoms with Crippen molar-refractivity contribution in [2.24, 2.45) is 0 Å². The van der Waals surface area contributed by atoms with E-state index in [9.17, 15) is 9.50 Å². The van der Waals surface area contributed by atoms with Crippen LogP contribution in [0.1, 0.15) is 18.1 Å². The Hall–Kier alpha value is -1.58. The van der Waals surface area contributed by atoms with Crippen LogP contribution in [0, 0.1) is 5.82 Å². The number of aliphatic hydroxyl groups is 1. The van der Waals surface area contributed by atoms with Crippen molar-refractivity contribution >= 4 is 11.6 Å². The highest BCUT2D eigenvalue weighted by atomic mass is 35.5. The van der Waals surface area contributed by atoms with Crippen LogP contribution in [0.25, 0.3) is 0 Å². The molecule has 0 saturated heterocycles. The Kier molecular flexibility index (Phi) is 4.31. The lowest BCUT2D eigenvalue weighted by Crippen LogP contribution is -2.24. The second kappa shape index (κ2) is 5.81. The summed E-state index contributed by atoms with van der Waals surface area (Å²) >= 11 is 5.83. The Labute approximate surface area is 122 Å². The van der Waals surface area contributed by atoms with Crippen LogP contribution >= 0.6 is 11.6 Å². The van der Waals surface area contributed by atoms with Gasteiger partial charge in [0.25, 0.3) is 0 Å². The number of rotatable bonds is 4. The van der Waals surface area contributed by atoms with E-state index in [4.69, 9.17) is 16.3 Å². The van der Waals surface area contributed by atoms with Crippen molar-refractivity contribution in [1.82, 2.24) is 0 Å². The third-order valence-electron chi connectivity index (χ3n) is 3.26. The summed E-state index contributed by atoms with van der Waals surface area (Å²) in [5, 5.41) is 11.2. The summed E-state index contributed by atoms with van der Waals surface area (Å²) in [6.45, 7) is 1.65. The van der Waals surface area contributed by atoms with Gasteiger partial charge in [-0.25, -0.2) is 4.39 Å². The first-order chi connectivity index (χ1) is 9.44. The molecule has 2 aromatic rings. The van der Waals surface area contributed by atoms with Crippen LogP contribution in [0.2, 0.25) is 5.02 Å². The van der Waals surface area contributed by atoms with Gasteiger partial charge in [0, 0.05) is 11.4 Å². The lowest BCUT2D eigenvalue weighted by Gasteiger charge is -2.24. The Balaban J connectivity index is 2.30. The zero-order valence-electron chi connectivity index (χ0n) is 11.4. The molecule has 0 radical (unpaired) electrons. The second-order valence-corrected chi connectivity index (χ2v) is 5.33. The summed E-state index contributed by atoms with van der Waals surface area (Å²) in [7, 11) is 1.42. The van der Waals surface area contributed by atoms with Crippen molar-refractivity contribution in [2.75, 3.05) is 7.11 Å². The molecular formula is C16H16ClFO2. The Bertz CT molecular complexity index is 594. The number of benzene rings is 2. The molecule has 1 N–H and O–H groups in total. The zero-order chi connectivity index (χ0) is 14.8. The quantitative estimate of drug-likeness (QED) is 0.925. The summed E-state index contributed by atoms with van der Waals surface area (Å²) in [6.07, 6.45) is 0.150. The predicted octanol–water partition coefficient (Wildman–Crippen LogP) is 3.94. The molecule has 0 aliphatic rings. The van der Waals surface area contributed by atoms with Gasteiger partial charge in [0.15, 0.2) is 11.6 Å². The fourth-order valence-electron chi connectivity index (χ4n) is 2.13. The highest BCUT2D eigenvalue weighted by molar-refractivity contribution is 6.30. The highest BCUT2D eigenvalue weighted by Crippen LogP contribution is 2.29. The lowest BCUT2D eigenvalue weighted by molar-refractivity contribution is 0.0566. The molecule has 1 unspecified atom stereocenters. The van der Waals surface area contributed by atoms with Gasteiger partial charge in [-0.2, -0.15) is 0 Å². The van der Waals surface area contributed by atoms with Gasteiger partial charge in [-0.3, -0.25) is 0 Å². The molecule has 2 rings (SSSR count). The molecule has 4 heteroatoms. The maximum absolute atomic E-state index is 14.1. The summed E-state index contributed by atoms with van der Waals surface area (Å²) in [6, 6.07) is 11.8. The third kappa shape index (κ3) is 3.11. The fourth-order valence-corrected chi connectivity index (χ4v) is 2.26. The molecule has 0 aromatic heterocycles. The van der Waals surface area contributed by atoms with Crippen LogP contribution in [0.3, 0.4) is 0 Å². The van der Waals surface area contributed by atoms with E-state index in [1.165, 1.54) is 7.11 Å². The molecule has 0 aliphatic heterocycles. The molecule has 2 aromatic carbocycles. The summed E-state index contributed by atoms with van der Waals surface area (Å²) in [4.78, 5) is 0. The monoisotopic (exact) mass is 294 g/mol. The van der Waals surface area contributed by atoms with Crippen molar-refractivity contribution in [2.45, 2.75) is 18.9 Å². The number of halogens is 2. The lowest BCUT2D eigenvalue weighted by atomic mass is 9.89. The maximum atomic E-state index is 14.1. The Morgan fingerprint density at radius 3 is 2.45 bits per heavy atom. The van der Waals surface area contributed by atoms with E-state index in [1.807, 2.05) is 0 Å². The van der Waals surface area contributed by atoms with Gasteiger partial charge in [0.2, 0.25) is 0 Å². The minimum Gasteiger partial charge on any atom is -0.494 e. The van der Waals surface area contributed by atoms with E-state index in [1.54, 1.807) is 49.4 Å². The van der Waals surface area contributed by atoms with E-state index in [2.05, 4.69) is 0 Å². The van der Waals surface area contributed by atoms with Crippen LogP contribution in [-0.2, 0) is 12.0 Å².